The lowest BCUT2D eigenvalue weighted by atomic mass is 10.1. The topological polar surface area (TPSA) is 113 Å². The van der Waals surface area contributed by atoms with Crippen LogP contribution in [0.5, 0.6) is 11.5 Å². The summed E-state index contributed by atoms with van der Waals surface area (Å²) in [6, 6.07) is 24.0. The van der Waals surface area contributed by atoms with Gasteiger partial charge in [-0.1, -0.05) is 59.2 Å². The first-order valence-corrected chi connectivity index (χ1v) is 10.9. The maximum absolute atomic E-state index is 6.15. The van der Waals surface area contributed by atoms with Gasteiger partial charge in [0.25, 0.3) is 5.89 Å². The van der Waals surface area contributed by atoms with Crippen molar-refractivity contribution in [3.8, 4) is 23.0 Å². The Balaban J connectivity index is 1.27. The number of aromatic nitrogens is 6. The molecule has 0 saturated heterocycles. The Morgan fingerprint density at radius 1 is 0.943 bits per heavy atom. The molecule has 0 atom stereocenters. The summed E-state index contributed by atoms with van der Waals surface area (Å²) in [5.41, 5.74) is 2.01. The van der Waals surface area contributed by atoms with E-state index in [1.165, 1.54) is 4.68 Å². The van der Waals surface area contributed by atoms with Crippen molar-refractivity contribution in [1.29, 1.82) is 0 Å². The highest BCUT2D eigenvalue weighted by Gasteiger charge is 2.15. The van der Waals surface area contributed by atoms with Crippen LogP contribution in [0.1, 0.15) is 17.3 Å². The van der Waals surface area contributed by atoms with Gasteiger partial charge in [-0.15, -0.1) is 15.3 Å². The van der Waals surface area contributed by atoms with Gasteiger partial charge in [0.2, 0.25) is 11.7 Å². The molecule has 10 nitrogen and oxygen atoms in total. The number of hydrogen-bond donors (Lipinski definition) is 0. The Morgan fingerprint density at radius 2 is 1.71 bits per heavy atom. The Labute approximate surface area is 204 Å². The summed E-state index contributed by atoms with van der Waals surface area (Å²) < 4.78 is 13.0. The summed E-state index contributed by atoms with van der Waals surface area (Å²) in [5.74, 6) is 2.28. The summed E-state index contributed by atoms with van der Waals surface area (Å²) in [6.07, 6.45) is 0. The molecule has 0 N–H and O–H groups in total. The molecule has 3 aromatic carbocycles. The lowest BCUT2D eigenvalue weighted by molar-refractivity contribution is 0.111. The molecule has 35 heavy (non-hydrogen) atoms. The van der Waals surface area contributed by atoms with E-state index in [4.69, 9.17) is 25.6 Å². The molecule has 5 rings (SSSR count). The van der Waals surface area contributed by atoms with Crippen molar-refractivity contribution >= 4 is 17.3 Å². The average Bonchev–Trinajstić information content (AvgIpc) is 3.53. The number of ether oxygens (including phenoxy) is 1. The number of hydrogen-bond acceptors (Lipinski definition) is 9. The van der Waals surface area contributed by atoms with Gasteiger partial charge in [0.15, 0.2) is 12.3 Å². The molecule has 0 unspecified atom stereocenters. The standard InChI is InChI=1S/C24H18ClN7O3/c1-32-23(27-30-31-32)22(16-7-3-2-4-8-16)29-33-15-21-26-28-24(35-21)17-11-13-18(14-12-17)34-20-10-6-5-9-19(20)25/h2-14H,15H2,1H3/b29-22-. The SMILES string of the molecule is Cn1nnnc1/C(=N\OCc1nnc(-c2ccc(Oc3ccccc3Cl)cc2)o1)c1ccccc1. The Kier molecular flexibility index (Phi) is 6.44. The van der Waals surface area contributed by atoms with Crippen molar-refractivity contribution in [3.63, 3.8) is 0 Å². The molecule has 11 heteroatoms. The van der Waals surface area contributed by atoms with Crippen LogP contribution in [0.15, 0.2) is 88.4 Å². The van der Waals surface area contributed by atoms with E-state index in [0.29, 0.717) is 33.9 Å². The highest BCUT2D eigenvalue weighted by Crippen LogP contribution is 2.30. The zero-order chi connectivity index (χ0) is 24.0. The maximum Gasteiger partial charge on any atom is 0.257 e. The molecule has 2 heterocycles. The van der Waals surface area contributed by atoms with Gasteiger partial charge in [-0.05, 0) is 46.8 Å². The molecule has 0 aliphatic rings. The zero-order valence-electron chi connectivity index (χ0n) is 18.4. The second kappa shape index (κ2) is 10.1. The smallest absolute Gasteiger partial charge is 0.257 e. The van der Waals surface area contributed by atoms with Crippen LogP contribution in [-0.4, -0.2) is 36.1 Å². The van der Waals surface area contributed by atoms with E-state index < -0.39 is 0 Å². The minimum Gasteiger partial charge on any atom is -0.456 e. The molecule has 0 fully saturated rings. The van der Waals surface area contributed by atoms with E-state index in [9.17, 15) is 0 Å². The molecule has 0 aliphatic heterocycles. The number of nitrogens with zero attached hydrogens (tertiary/aromatic N) is 7. The molecule has 5 aromatic rings. The lowest BCUT2D eigenvalue weighted by Gasteiger charge is -2.07. The summed E-state index contributed by atoms with van der Waals surface area (Å²) in [5, 5.41) is 24.5. The van der Waals surface area contributed by atoms with Gasteiger partial charge in [-0.25, -0.2) is 4.68 Å². The van der Waals surface area contributed by atoms with Crippen LogP contribution in [0.2, 0.25) is 5.02 Å². The van der Waals surface area contributed by atoms with Crippen LogP contribution in [0.25, 0.3) is 11.5 Å². The summed E-state index contributed by atoms with van der Waals surface area (Å²) >= 11 is 6.15. The van der Waals surface area contributed by atoms with Gasteiger partial charge < -0.3 is 14.0 Å². The highest BCUT2D eigenvalue weighted by molar-refractivity contribution is 6.32. The second-order valence-corrected chi connectivity index (χ2v) is 7.67. The van der Waals surface area contributed by atoms with Gasteiger partial charge in [0.1, 0.15) is 11.5 Å². The van der Waals surface area contributed by atoms with Gasteiger partial charge in [0.05, 0.1) is 5.02 Å². The highest BCUT2D eigenvalue weighted by atomic mass is 35.5. The predicted molar refractivity (Wildman–Crippen MR) is 127 cm³/mol. The zero-order valence-corrected chi connectivity index (χ0v) is 19.2. The van der Waals surface area contributed by atoms with Gasteiger partial charge >= 0.3 is 0 Å². The van der Waals surface area contributed by atoms with E-state index in [2.05, 4.69) is 30.9 Å². The van der Waals surface area contributed by atoms with Gasteiger partial charge in [0, 0.05) is 18.2 Å². The Hall–Kier alpha value is -4.57. The van der Waals surface area contributed by atoms with Crippen molar-refractivity contribution in [2.24, 2.45) is 12.2 Å². The van der Waals surface area contributed by atoms with Crippen molar-refractivity contribution in [1.82, 2.24) is 30.4 Å². The van der Waals surface area contributed by atoms with E-state index in [0.717, 1.165) is 11.1 Å². The molecular weight excluding hydrogens is 470 g/mol. The molecule has 0 radical (unpaired) electrons. The van der Waals surface area contributed by atoms with E-state index in [-0.39, 0.29) is 12.5 Å². The fraction of sp³-hybridized carbons (Fsp3) is 0.0833. The first-order valence-electron chi connectivity index (χ1n) is 10.5. The average molecular weight is 488 g/mol. The lowest BCUT2D eigenvalue weighted by Crippen LogP contribution is -2.12. The number of rotatable bonds is 8. The monoisotopic (exact) mass is 487 g/mol. The predicted octanol–water partition coefficient (Wildman–Crippen LogP) is 4.68. The molecular formula is C24H18ClN7O3. The number of tetrazole rings is 1. The third-order valence-corrected chi connectivity index (χ3v) is 5.17. The first-order chi connectivity index (χ1) is 17.2. The van der Waals surface area contributed by atoms with Gasteiger partial charge in [-0.3, -0.25) is 0 Å². The molecule has 0 bridgehead atoms. The third-order valence-electron chi connectivity index (χ3n) is 4.86. The largest absolute Gasteiger partial charge is 0.456 e. The molecule has 0 amide bonds. The minimum absolute atomic E-state index is 0.0255. The third kappa shape index (κ3) is 5.17. The fourth-order valence-electron chi connectivity index (χ4n) is 3.15. The Morgan fingerprint density at radius 3 is 2.46 bits per heavy atom. The van der Waals surface area contributed by atoms with Crippen LogP contribution in [0.3, 0.4) is 0 Å². The van der Waals surface area contributed by atoms with E-state index in [1.54, 1.807) is 31.3 Å². The first kappa shape index (κ1) is 22.2. The number of aryl methyl sites for hydroxylation is 1. The summed E-state index contributed by atoms with van der Waals surface area (Å²) in [7, 11) is 1.73. The summed E-state index contributed by atoms with van der Waals surface area (Å²) in [6.45, 7) is -0.0255. The number of oxime groups is 1. The van der Waals surface area contributed by atoms with Crippen molar-refractivity contribution in [2.75, 3.05) is 0 Å². The molecule has 0 spiro atoms. The minimum atomic E-state index is -0.0255. The molecule has 2 aromatic heterocycles. The van der Waals surface area contributed by atoms with Crippen LogP contribution < -0.4 is 4.74 Å². The van der Waals surface area contributed by atoms with E-state index in [1.807, 2.05) is 54.6 Å². The summed E-state index contributed by atoms with van der Waals surface area (Å²) in [4.78, 5) is 5.51. The van der Waals surface area contributed by atoms with Crippen molar-refractivity contribution in [3.05, 3.63) is 101 Å². The van der Waals surface area contributed by atoms with Crippen LogP contribution in [-0.2, 0) is 18.5 Å². The normalized spacial score (nSPS) is 11.4. The quantitative estimate of drug-likeness (QED) is 0.229. The fourth-order valence-corrected chi connectivity index (χ4v) is 3.32. The van der Waals surface area contributed by atoms with E-state index >= 15 is 0 Å². The molecule has 0 aliphatic carbocycles. The van der Waals surface area contributed by atoms with Crippen LogP contribution in [0, 0.1) is 0 Å². The Bertz CT molecular complexity index is 1450. The molecule has 174 valence electrons. The van der Waals surface area contributed by atoms with Crippen LogP contribution >= 0.6 is 11.6 Å². The number of benzene rings is 3. The van der Waals surface area contributed by atoms with Crippen molar-refractivity contribution < 1.29 is 14.0 Å². The number of para-hydroxylation sites is 1. The second-order valence-electron chi connectivity index (χ2n) is 7.26. The molecule has 0 saturated carbocycles. The van der Waals surface area contributed by atoms with Gasteiger partial charge in [-0.2, -0.15) is 0 Å². The maximum atomic E-state index is 6.15. The van der Waals surface area contributed by atoms with Crippen molar-refractivity contribution in [2.45, 2.75) is 6.61 Å². The van der Waals surface area contributed by atoms with Crippen LogP contribution in [0.4, 0.5) is 0 Å². The number of halogens is 1.